The average Bonchev–Trinajstić information content (AvgIpc) is 2.66. The van der Waals surface area contributed by atoms with Crippen LogP contribution in [0.5, 0.6) is 0 Å². The lowest BCUT2D eigenvalue weighted by Gasteiger charge is -2.11. The number of hydrogen-bond acceptors (Lipinski definition) is 5. The molecule has 7 heteroatoms. The van der Waals surface area contributed by atoms with Crippen LogP contribution in [0.3, 0.4) is 0 Å². The number of esters is 1. The highest BCUT2D eigenvalue weighted by atomic mass is 16.5. The number of ether oxygens (including phenoxy) is 1. The molecule has 0 aliphatic rings. The topological polar surface area (TPSA) is 96.5 Å². The smallest absolute Gasteiger partial charge is 0.337 e. The summed E-state index contributed by atoms with van der Waals surface area (Å²) in [6, 6.07) is 13.4. The van der Waals surface area contributed by atoms with Crippen LogP contribution in [0.15, 0.2) is 48.5 Å². The van der Waals surface area contributed by atoms with Gasteiger partial charge in [-0.15, -0.1) is 0 Å². The second-order valence-electron chi connectivity index (χ2n) is 6.18. The van der Waals surface area contributed by atoms with Gasteiger partial charge >= 0.3 is 5.97 Å². The standard InChI is InChI=1S/C20H23N3O4/c1-13(2)22-19(25)15-5-4-6-17(11-15)23-18(24)12-21-16-9-7-14(8-10-16)20(26)27-3/h4-11,13,21H,12H2,1-3H3,(H,22,25)(H,23,24). The van der Waals surface area contributed by atoms with Gasteiger partial charge in [0.1, 0.15) is 0 Å². The van der Waals surface area contributed by atoms with Gasteiger partial charge in [-0.25, -0.2) is 4.79 Å². The number of nitrogens with one attached hydrogen (secondary N) is 3. The van der Waals surface area contributed by atoms with Gasteiger partial charge in [0.2, 0.25) is 5.91 Å². The van der Waals surface area contributed by atoms with Gasteiger partial charge in [0.05, 0.1) is 19.2 Å². The average molecular weight is 369 g/mol. The van der Waals surface area contributed by atoms with E-state index in [9.17, 15) is 14.4 Å². The Morgan fingerprint density at radius 2 is 1.67 bits per heavy atom. The zero-order chi connectivity index (χ0) is 19.8. The Bertz CT molecular complexity index is 816. The monoisotopic (exact) mass is 369 g/mol. The molecular formula is C20H23N3O4. The molecule has 27 heavy (non-hydrogen) atoms. The molecule has 2 aromatic carbocycles. The van der Waals surface area contributed by atoms with Crippen LogP contribution in [-0.2, 0) is 9.53 Å². The molecule has 0 bridgehead atoms. The SMILES string of the molecule is COC(=O)c1ccc(NCC(=O)Nc2cccc(C(=O)NC(C)C)c2)cc1. The second kappa shape index (κ2) is 9.38. The Kier molecular flexibility index (Phi) is 6.93. The summed E-state index contributed by atoms with van der Waals surface area (Å²) in [6.45, 7) is 3.81. The minimum atomic E-state index is -0.416. The molecule has 2 rings (SSSR count). The van der Waals surface area contributed by atoms with Crippen molar-refractivity contribution < 1.29 is 19.1 Å². The van der Waals surface area contributed by atoms with Crippen molar-refractivity contribution in [3.05, 3.63) is 59.7 Å². The zero-order valence-corrected chi connectivity index (χ0v) is 15.5. The molecule has 3 N–H and O–H groups in total. The largest absolute Gasteiger partial charge is 0.465 e. The summed E-state index contributed by atoms with van der Waals surface area (Å²) in [5.74, 6) is -0.862. The fourth-order valence-electron chi connectivity index (χ4n) is 2.31. The summed E-state index contributed by atoms with van der Waals surface area (Å²) in [6.07, 6.45) is 0. The van der Waals surface area contributed by atoms with Gasteiger partial charge in [-0.1, -0.05) is 6.07 Å². The number of carbonyl (C=O) groups excluding carboxylic acids is 3. The molecule has 0 aromatic heterocycles. The van der Waals surface area contributed by atoms with Crippen LogP contribution < -0.4 is 16.0 Å². The summed E-state index contributed by atoms with van der Waals surface area (Å²) in [7, 11) is 1.32. The molecule has 142 valence electrons. The maximum absolute atomic E-state index is 12.1. The third kappa shape index (κ3) is 6.14. The van der Waals surface area contributed by atoms with Gasteiger partial charge in [-0.2, -0.15) is 0 Å². The first-order valence-corrected chi connectivity index (χ1v) is 8.52. The number of anilines is 2. The van der Waals surface area contributed by atoms with Crippen molar-refractivity contribution in [3.8, 4) is 0 Å². The predicted octanol–water partition coefficient (Wildman–Crippen LogP) is 2.66. The fourth-order valence-corrected chi connectivity index (χ4v) is 2.31. The maximum Gasteiger partial charge on any atom is 0.337 e. The lowest BCUT2D eigenvalue weighted by Crippen LogP contribution is -2.30. The molecular weight excluding hydrogens is 346 g/mol. The van der Waals surface area contributed by atoms with Crippen LogP contribution in [0.2, 0.25) is 0 Å². The summed E-state index contributed by atoms with van der Waals surface area (Å²) in [4.78, 5) is 35.5. The molecule has 0 atom stereocenters. The molecule has 0 aliphatic heterocycles. The first kappa shape index (κ1) is 20.0. The molecule has 0 heterocycles. The van der Waals surface area contributed by atoms with Crippen molar-refractivity contribution in [3.63, 3.8) is 0 Å². The van der Waals surface area contributed by atoms with Crippen LogP contribution in [-0.4, -0.2) is 37.5 Å². The molecule has 0 spiro atoms. The van der Waals surface area contributed by atoms with Crippen molar-refractivity contribution >= 4 is 29.2 Å². The van der Waals surface area contributed by atoms with E-state index >= 15 is 0 Å². The Morgan fingerprint density at radius 3 is 2.30 bits per heavy atom. The van der Waals surface area contributed by atoms with E-state index in [1.807, 2.05) is 13.8 Å². The minimum Gasteiger partial charge on any atom is -0.465 e. The lowest BCUT2D eigenvalue weighted by molar-refractivity contribution is -0.114. The minimum absolute atomic E-state index is 0.0329. The molecule has 2 aromatic rings. The molecule has 0 unspecified atom stereocenters. The van der Waals surface area contributed by atoms with Gasteiger partial charge in [-0.3, -0.25) is 9.59 Å². The summed E-state index contributed by atoms with van der Waals surface area (Å²) in [5.41, 5.74) is 2.15. The summed E-state index contributed by atoms with van der Waals surface area (Å²) < 4.78 is 4.64. The van der Waals surface area contributed by atoms with E-state index in [1.54, 1.807) is 48.5 Å². The third-order valence-corrected chi connectivity index (χ3v) is 3.59. The van der Waals surface area contributed by atoms with Crippen molar-refractivity contribution in [2.45, 2.75) is 19.9 Å². The van der Waals surface area contributed by atoms with E-state index in [-0.39, 0.29) is 24.4 Å². The van der Waals surface area contributed by atoms with E-state index in [2.05, 4.69) is 20.7 Å². The quantitative estimate of drug-likeness (QED) is 0.652. The Labute approximate surface area is 158 Å². The van der Waals surface area contributed by atoms with E-state index in [0.29, 0.717) is 22.5 Å². The van der Waals surface area contributed by atoms with Gasteiger partial charge in [0, 0.05) is 23.0 Å². The maximum atomic E-state index is 12.1. The second-order valence-corrected chi connectivity index (χ2v) is 6.18. The number of rotatable bonds is 7. The van der Waals surface area contributed by atoms with Gasteiger partial charge in [0.25, 0.3) is 5.91 Å². The van der Waals surface area contributed by atoms with Crippen molar-refractivity contribution in [2.75, 3.05) is 24.3 Å². The van der Waals surface area contributed by atoms with Crippen LogP contribution in [0.4, 0.5) is 11.4 Å². The highest BCUT2D eigenvalue weighted by Crippen LogP contribution is 2.12. The summed E-state index contributed by atoms with van der Waals surface area (Å²) >= 11 is 0. The van der Waals surface area contributed by atoms with Crippen LogP contribution >= 0.6 is 0 Å². The van der Waals surface area contributed by atoms with E-state index in [1.165, 1.54) is 7.11 Å². The Morgan fingerprint density at radius 1 is 0.963 bits per heavy atom. The molecule has 0 saturated carbocycles. The summed E-state index contributed by atoms with van der Waals surface area (Å²) in [5, 5.41) is 8.52. The molecule has 0 saturated heterocycles. The van der Waals surface area contributed by atoms with Crippen LogP contribution in [0.1, 0.15) is 34.6 Å². The molecule has 2 amide bonds. The van der Waals surface area contributed by atoms with Gasteiger partial charge in [0.15, 0.2) is 0 Å². The Hall–Kier alpha value is -3.35. The normalized spacial score (nSPS) is 10.2. The van der Waals surface area contributed by atoms with Crippen LogP contribution in [0.25, 0.3) is 0 Å². The number of hydrogen-bond donors (Lipinski definition) is 3. The van der Waals surface area contributed by atoms with Gasteiger partial charge in [-0.05, 0) is 56.3 Å². The number of amides is 2. The molecule has 0 aliphatic carbocycles. The van der Waals surface area contributed by atoms with Crippen molar-refractivity contribution in [2.24, 2.45) is 0 Å². The number of benzene rings is 2. The van der Waals surface area contributed by atoms with E-state index in [0.717, 1.165) is 0 Å². The van der Waals surface area contributed by atoms with E-state index in [4.69, 9.17) is 0 Å². The molecule has 0 fully saturated rings. The Balaban J connectivity index is 1.90. The first-order chi connectivity index (χ1) is 12.9. The highest BCUT2D eigenvalue weighted by Gasteiger charge is 2.09. The highest BCUT2D eigenvalue weighted by molar-refractivity contribution is 5.98. The van der Waals surface area contributed by atoms with E-state index < -0.39 is 5.97 Å². The third-order valence-electron chi connectivity index (χ3n) is 3.59. The van der Waals surface area contributed by atoms with Crippen LogP contribution in [0, 0.1) is 0 Å². The fraction of sp³-hybridized carbons (Fsp3) is 0.250. The van der Waals surface area contributed by atoms with Crippen molar-refractivity contribution in [1.29, 1.82) is 0 Å². The zero-order valence-electron chi connectivity index (χ0n) is 15.5. The number of methoxy groups -OCH3 is 1. The molecule has 0 radical (unpaired) electrons. The van der Waals surface area contributed by atoms with Gasteiger partial charge < -0.3 is 20.7 Å². The first-order valence-electron chi connectivity index (χ1n) is 8.52. The van der Waals surface area contributed by atoms with Crippen molar-refractivity contribution in [1.82, 2.24) is 5.32 Å². The lowest BCUT2D eigenvalue weighted by atomic mass is 10.1. The predicted molar refractivity (Wildman–Crippen MR) is 104 cm³/mol. The molecule has 7 nitrogen and oxygen atoms in total. The number of carbonyl (C=O) groups is 3.